The number of rotatable bonds is 3. The van der Waals surface area contributed by atoms with Crippen molar-refractivity contribution in [1.29, 1.82) is 0 Å². The van der Waals surface area contributed by atoms with Gasteiger partial charge in [0.05, 0.1) is 5.02 Å². The van der Waals surface area contributed by atoms with Gasteiger partial charge in [-0.3, -0.25) is 4.98 Å². The number of nitrogens with zero attached hydrogens (tertiary/aromatic N) is 3. The van der Waals surface area contributed by atoms with Crippen molar-refractivity contribution < 1.29 is 4.74 Å². The summed E-state index contributed by atoms with van der Waals surface area (Å²) >= 11 is 13.1. The zero-order chi connectivity index (χ0) is 13.2. The lowest BCUT2D eigenvalue weighted by molar-refractivity contribution is 0.307. The summed E-state index contributed by atoms with van der Waals surface area (Å²) in [4.78, 5) is 4.29. The van der Waals surface area contributed by atoms with E-state index in [2.05, 4.69) is 15.2 Å². The van der Waals surface area contributed by atoms with Crippen molar-refractivity contribution in [1.82, 2.24) is 15.2 Å². The first-order valence-corrected chi connectivity index (χ1v) is 6.95. The fourth-order valence-corrected chi connectivity index (χ4v) is 2.66. The van der Waals surface area contributed by atoms with Crippen molar-refractivity contribution in [2.75, 3.05) is 0 Å². The van der Waals surface area contributed by atoms with Crippen molar-refractivity contribution in [3.63, 3.8) is 0 Å². The molecule has 0 saturated carbocycles. The number of halogens is 2. The molecule has 0 aliphatic heterocycles. The number of hydrogen-bond acceptors (Lipinski definition) is 5. The predicted molar refractivity (Wildman–Crippen MR) is 76.0 cm³/mol. The predicted octanol–water partition coefficient (Wildman–Crippen LogP) is 3.97. The molecule has 3 aromatic rings. The Labute approximate surface area is 123 Å². The molecule has 0 aliphatic carbocycles. The first-order valence-electron chi connectivity index (χ1n) is 5.38. The Hall–Kier alpha value is -1.43. The van der Waals surface area contributed by atoms with E-state index in [1.807, 2.05) is 12.1 Å². The Bertz CT molecular complexity index is 732. The minimum Gasteiger partial charge on any atom is -0.484 e. The fourth-order valence-electron chi connectivity index (χ4n) is 1.66. The van der Waals surface area contributed by atoms with Gasteiger partial charge in [0.25, 0.3) is 0 Å². The summed E-state index contributed by atoms with van der Waals surface area (Å²) in [7, 11) is 0. The van der Waals surface area contributed by atoms with Crippen LogP contribution < -0.4 is 4.74 Å². The van der Waals surface area contributed by atoms with Crippen LogP contribution in [-0.2, 0) is 6.61 Å². The van der Waals surface area contributed by atoms with E-state index in [0.717, 1.165) is 10.9 Å². The third kappa shape index (κ3) is 2.63. The van der Waals surface area contributed by atoms with Crippen LogP contribution >= 0.6 is 34.5 Å². The molecule has 0 atom stereocenters. The molecule has 0 spiro atoms. The molecular weight excluding hydrogens is 305 g/mol. The molecule has 0 fully saturated rings. The molecule has 4 nitrogen and oxygen atoms in total. The quantitative estimate of drug-likeness (QED) is 0.734. The summed E-state index contributed by atoms with van der Waals surface area (Å²) in [6.07, 6.45) is 1.70. The van der Waals surface area contributed by atoms with Crippen LogP contribution in [-0.4, -0.2) is 15.2 Å². The summed E-state index contributed by atoms with van der Waals surface area (Å²) in [5, 5.41) is 9.83. The Kier molecular flexibility index (Phi) is 3.50. The molecule has 0 bridgehead atoms. The summed E-state index contributed by atoms with van der Waals surface area (Å²) in [6.45, 7) is 0.303. The summed E-state index contributed by atoms with van der Waals surface area (Å²) in [5.74, 6) is 0.659. The standard InChI is InChI=1S/C12H7Cl2N3OS/c13-8-3-4-9(11-7(8)2-1-5-15-11)18-6-10-16-17-12(14)19-10/h1-5H,6H2. The van der Waals surface area contributed by atoms with E-state index in [0.29, 0.717) is 26.9 Å². The van der Waals surface area contributed by atoms with Gasteiger partial charge < -0.3 is 4.74 Å². The first kappa shape index (κ1) is 12.6. The summed E-state index contributed by atoms with van der Waals surface area (Å²) in [6, 6.07) is 7.32. The van der Waals surface area contributed by atoms with Crippen LogP contribution in [0.1, 0.15) is 5.01 Å². The molecular formula is C12H7Cl2N3OS. The minimum absolute atomic E-state index is 0.303. The van der Waals surface area contributed by atoms with Crippen LogP contribution in [0.2, 0.25) is 9.49 Å². The molecule has 2 aromatic heterocycles. The summed E-state index contributed by atoms with van der Waals surface area (Å²) in [5.41, 5.74) is 0.727. The van der Waals surface area contributed by atoms with Gasteiger partial charge in [-0.15, -0.1) is 10.2 Å². The molecule has 0 amide bonds. The zero-order valence-electron chi connectivity index (χ0n) is 9.51. The molecule has 0 aliphatic rings. The van der Waals surface area contributed by atoms with Crippen LogP contribution in [0.3, 0.4) is 0 Å². The average Bonchev–Trinajstić information content (AvgIpc) is 2.84. The Morgan fingerprint density at radius 1 is 1.16 bits per heavy atom. The Morgan fingerprint density at radius 2 is 2.05 bits per heavy atom. The minimum atomic E-state index is 0.303. The van der Waals surface area contributed by atoms with Crippen molar-refractivity contribution in [2.45, 2.75) is 6.61 Å². The molecule has 96 valence electrons. The lowest BCUT2D eigenvalue weighted by Crippen LogP contribution is -1.96. The molecule has 1 aromatic carbocycles. The highest BCUT2D eigenvalue weighted by atomic mass is 35.5. The summed E-state index contributed by atoms with van der Waals surface area (Å²) < 4.78 is 6.10. The number of ether oxygens (including phenoxy) is 1. The van der Waals surface area contributed by atoms with E-state index >= 15 is 0 Å². The Balaban J connectivity index is 1.91. The maximum Gasteiger partial charge on any atom is 0.207 e. The molecule has 2 heterocycles. The van der Waals surface area contributed by atoms with Crippen molar-refractivity contribution >= 4 is 45.4 Å². The highest BCUT2D eigenvalue weighted by molar-refractivity contribution is 7.15. The number of aromatic nitrogens is 3. The Morgan fingerprint density at radius 3 is 2.84 bits per heavy atom. The van der Waals surface area contributed by atoms with Gasteiger partial charge >= 0.3 is 0 Å². The zero-order valence-corrected chi connectivity index (χ0v) is 11.8. The highest BCUT2D eigenvalue weighted by Crippen LogP contribution is 2.30. The first-order chi connectivity index (χ1) is 9.24. The van der Waals surface area contributed by atoms with E-state index in [1.165, 1.54) is 11.3 Å². The molecule has 19 heavy (non-hydrogen) atoms. The van der Waals surface area contributed by atoms with E-state index in [-0.39, 0.29) is 0 Å². The average molecular weight is 312 g/mol. The molecule has 0 radical (unpaired) electrons. The lowest BCUT2D eigenvalue weighted by atomic mass is 10.2. The third-order valence-electron chi connectivity index (χ3n) is 2.47. The van der Waals surface area contributed by atoms with Crippen LogP contribution in [0, 0.1) is 0 Å². The van der Waals surface area contributed by atoms with Crippen LogP contribution in [0.4, 0.5) is 0 Å². The van der Waals surface area contributed by atoms with Gasteiger partial charge in [0.15, 0.2) is 5.01 Å². The number of hydrogen-bond donors (Lipinski definition) is 0. The molecule has 0 unspecified atom stereocenters. The van der Waals surface area contributed by atoms with E-state index in [4.69, 9.17) is 27.9 Å². The normalized spacial score (nSPS) is 10.8. The topological polar surface area (TPSA) is 47.9 Å². The van der Waals surface area contributed by atoms with Gasteiger partial charge in [-0.25, -0.2) is 0 Å². The maximum absolute atomic E-state index is 6.12. The fraction of sp³-hybridized carbons (Fsp3) is 0.0833. The lowest BCUT2D eigenvalue weighted by Gasteiger charge is -2.07. The van der Waals surface area contributed by atoms with Crippen LogP contribution in [0.15, 0.2) is 30.5 Å². The van der Waals surface area contributed by atoms with Crippen molar-refractivity contribution in [3.05, 3.63) is 45.0 Å². The molecule has 0 saturated heterocycles. The van der Waals surface area contributed by atoms with Crippen LogP contribution in [0.5, 0.6) is 5.75 Å². The molecule has 0 N–H and O–H groups in total. The van der Waals surface area contributed by atoms with Gasteiger partial charge in [-0.1, -0.05) is 22.9 Å². The van der Waals surface area contributed by atoms with Gasteiger partial charge in [0, 0.05) is 11.6 Å². The van der Waals surface area contributed by atoms with Gasteiger partial charge in [0.2, 0.25) is 4.47 Å². The highest BCUT2D eigenvalue weighted by Gasteiger charge is 2.08. The van der Waals surface area contributed by atoms with Crippen molar-refractivity contribution in [3.8, 4) is 5.75 Å². The van der Waals surface area contributed by atoms with Gasteiger partial charge in [-0.05, 0) is 35.9 Å². The van der Waals surface area contributed by atoms with Crippen molar-refractivity contribution in [2.24, 2.45) is 0 Å². The molecule has 3 rings (SSSR count). The largest absolute Gasteiger partial charge is 0.484 e. The number of benzene rings is 1. The second-order valence-electron chi connectivity index (χ2n) is 3.68. The number of fused-ring (bicyclic) bond motifs is 1. The van der Waals surface area contributed by atoms with Crippen LogP contribution in [0.25, 0.3) is 10.9 Å². The second kappa shape index (κ2) is 5.28. The van der Waals surface area contributed by atoms with Gasteiger partial charge in [-0.2, -0.15) is 0 Å². The van der Waals surface area contributed by atoms with E-state index < -0.39 is 0 Å². The SMILES string of the molecule is Clc1nnc(COc2ccc(Cl)c3cccnc23)s1. The smallest absolute Gasteiger partial charge is 0.207 e. The molecule has 7 heteroatoms. The van der Waals surface area contributed by atoms with Gasteiger partial charge in [0.1, 0.15) is 17.9 Å². The second-order valence-corrected chi connectivity index (χ2v) is 5.73. The van der Waals surface area contributed by atoms with E-state index in [9.17, 15) is 0 Å². The third-order valence-corrected chi connectivity index (χ3v) is 3.79. The monoisotopic (exact) mass is 311 g/mol. The number of pyridine rings is 1. The maximum atomic E-state index is 6.12. The van der Waals surface area contributed by atoms with E-state index in [1.54, 1.807) is 18.3 Å².